The van der Waals surface area contributed by atoms with Crippen LogP contribution in [0.15, 0.2) is 30.3 Å². The summed E-state index contributed by atoms with van der Waals surface area (Å²) < 4.78 is 19.8. The van der Waals surface area contributed by atoms with E-state index in [0.29, 0.717) is 12.1 Å². The Morgan fingerprint density at radius 1 is 1.18 bits per heavy atom. The molecule has 0 N–H and O–H groups in total. The van der Waals surface area contributed by atoms with Crippen molar-refractivity contribution in [3.8, 4) is 0 Å². The van der Waals surface area contributed by atoms with Crippen LogP contribution < -0.4 is 4.90 Å². The van der Waals surface area contributed by atoms with E-state index in [1.54, 1.807) is 29.5 Å². The molecule has 1 aliphatic heterocycles. The first-order valence-corrected chi connectivity index (χ1v) is 10.3. The van der Waals surface area contributed by atoms with E-state index < -0.39 is 5.97 Å². The smallest absolute Gasteiger partial charge is 0.356 e. The van der Waals surface area contributed by atoms with E-state index >= 15 is 0 Å². The Bertz CT molecular complexity index is 996. The molecule has 1 saturated heterocycles. The minimum absolute atomic E-state index is 0.246. The Morgan fingerprint density at radius 3 is 2.71 bits per heavy atom. The fourth-order valence-electron chi connectivity index (χ4n) is 3.57. The zero-order valence-corrected chi connectivity index (χ0v) is 16.6. The predicted molar refractivity (Wildman–Crippen MR) is 109 cm³/mol. The minimum atomic E-state index is -0.483. The summed E-state index contributed by atoms with van der Waals surface area (Å²) in [5, 5.41) is 0.958. The molecule has 1 aliphatic rings. The van der Waals surface area contributed by atoms with Gasteiger partial charge in [-0.2, -0.15) is 0 Å². The van der Waals surface area contributed by atoms with Gasteiger partial charge in [-0.3, -0.25) is 0 Å². The lowest BCUT2D eigenvalue weighted by Gasteiger charge is -2.18. The molecule has 1 aromatic carbocycles. The van der Waals surface area contributed by atoms with Crippen molar-refractivity contribution >= 4 is 32.7 Å². The number of ether oxygens (including phenoxy) is 1. The van der Waals surface area contributed by atoms with Crippen molar-refractivity contribution < 1.29 is 13.9 Å². The highest BCUT2D eigenvalue weighted by Crippen LogP contribution is 2.33. The highest BCUT2D eigenvalue weighted by Gasteiger charge is 2.17. The highest BCUT2D eigenvalue weighted by atomic mass is 32.1. The van der Waals surface area contributed by atoms with Gasteiger partial charge >= 0.3 is 5.97 Å². The number of hydrogen-bond donors (Lipinski definition) is 0. The molecule has 146 valence electrons. The molecule has 5 nitrogen and oxygen atoms in total. The second kappa shape index (κ2) is 8.22. The first kappa shape index (κ1) is 18.8. The zero-order chi connectivity index (χ0) is 19.5. The SMILES string of the molecule is COC(=O)c1cccc(Cc2cc(F)cc3sc(N4CCCCCC4)nc23)n1. The van der Waals surface area contributed by atoms with Gasteiger partial charge in [0, 0.05) is 25.2 Å². The molecule has 0 unspecified atom stereocenters. The lowest BCUT2D eigenvalue weighted by molar-refractivity contribution is 0.0593. The third-order valence-corrected chi connectivity index (χ3v) is 6.04. The fourth-order valence-corrected chi connectivity index (χ4v) is 4.66. The van der Waals surface area contributed by atoms with Crippen molar-refractivity contribution in [1.82, 2.24) is 9.97 Å². The molecule has 1 fully saturated rings. The average Bonchev–Trinajstić information content (AvgIpc) is 2.94. The number of thiazole rings is 1. The number of methoxy groups -OCH3 is 1. The molecule has 2 aromatic heterocycles. The second-order valence-electron chi connectivity index (χ2n) is 6.99. The summed E-state index contributed by atoms with van der Waals surface area (Å²) in [4.78, 5) is 23.2. The molecule has 0 spiro atoms. The Labute approximate surface area is 167 Å². The molecule has 28 heavy (non-hydrogen) atoms. The standard InChI is InChI=1S/C21H22FN3O2S/c1-27-20(26)17-8-6-7-16(23-17)12-14-11-15(22)13-18-19(14)24-21(28-18)25-9-4-2-3-5-10-25/h6-8,11,13H,2-5,9-10,12H2,1H3. The molecule has 4 rings (SSSR count). The Morgan fingerprint density at radius 2 is 1.96 bits per heavy atom. The maximum absolute atomic E-state index is 14.2. The van der Waals surface area contributed by atoms with Gasteiger partial charge in [0.05, 0.1) is 17.3 Å². The highest BCUT2D eigenvalue weighted by molar-refractivity contribution is 7.22. The van der Waals surface area contributed by atoms with Crippen LogP contribution in [0.4, 0.5) is 9.52 Å². The van der Waals surface area contributed by atoms with Crippen LogP contribution in [0.25, 0.3) is 10.2 Å². The van der Waals surface area contributed by atoms with Crippen LogP contribution in [-0.2, 0) is 11.2 Å². The number of aromatic nitrogens is 2. The van der Waals surface area contributed by atoms with Gasteiger partial charge in [-0.05, 0) is 42.7 Å². The Kier molecular flexibility index (Phi) is 5.52. The molecule has 7 heteroatoms. The van der Waals surface area contributed by atoms with Crippen LogP contribution in [-0.4, -0.2) is 36.1 Å². The normalized spacial score (nSPS) is 14.9. The van der Waals surface area contributed by atoms with Crippen LogP contribution in [0.5, 0.6) is 0 Å². The molecule has 0 amide bonds. The van der Waals surface area contributed by atoms with E-state index in [1.807, 2.05) is 6.07 Å². The minimum Gasteiger partial charge on any atom is -0.464 e. The summed E-state index contributed by atoms with van der Waals surface area (Å²) in [6.07, 6.45) is 5.25. The van der Waals surface area contributed by atoms with Crippen LogP contribution >= 0.6 is 11.3 Å². The van der Waals surface area contributed by atoms with Gasteiger partial charge in [-0.1, -0.05) is 30.2 Å². The lowest BCUT2D eigenvalue weighted by atomic mass is 10.1. The lowest BCUT2D eigenvalue weighted by Crippen LogP contribution is -2.23. The van der Waals surface area contributed by atoms with Gasteiger partial charge < -0.3 is 9.64 Å². The summed E-state index contributed by atoms with van der Waals surface area (Å²) in [6.45, 7) is 2.00. The van der Waals surface area contributed by atoms with Crippen molar-refractivity contribution in [2.75, 3.05) is 25.1 Å². The quantitative estimate of drug-likeness (QED) is 0.601. The number of rotatable bonds is 4. The van der Waals surface area contributed by atoms with Gasteiger partial charge in [0.25, 0.3) is 0 Å². The van der Waals surface area contributed by atoms with Crippen molar-refractivity contribution in [3.05, 3.63) is 53.1 Å². The predicted octanol–water partition coefficient (Wildman–Crippen LogP) is 4.59. The maximum atomic E-state index is 14.2. The summed E-state index contributed by atoms with van der Waals surface area (Å²) in [7, 11) is 1.33. The van der Waals surface area contributed by atoms with Gasteiger partial charge in [-0.25, -0.2) is 19.2 Å². The molecule has 0 atom stereocenters. The van der Waals surface area contributed by atoms with Crippen LogP contribution in [0.2, 0.25) is 0 Å². The molecule has 0 aliphatic carbocycles. The third-order valence-electron chi connectivity index (χ3n) is 4.98. The summed E-state index contributed by atoms with van der Waals surface area (Å²) >= 11 is 1.54. The molecule has 0 bridgehead atoms. The number of benzene rings is 1. The van der Waals surface area contributed by atoms with E-state index in [0.717, 1.165) is 34.0 Å². The number of nitrogens with zero attached hydrogens (tertiary/aromatic N) is 3. The first-order chi connectivity index (χ1) is 13.6. The summed E-state index contributed by atoms with van der Waals surface area (Å²) in [5.74, 6) is -0.763. The molecule has 0 saturated carbocycles. The molecule has 0 radical (unpaired) electrons. The topological polar surface area (TPSA) is 55.3 Å². The molecule has 3 aromatic rings. The fraction of sp³-hybridized carbons (Fsp3) is 0.381. The van der Waals surface area contributed by atoms with E-state index in [-0.39, 0.29) is 11.5 Å². The summed E-state index contributed by atoms with van der Waals surface area (Å²) in [5.41, 5.74) is 2.52. The molecular formula is C21H22FN3O2S. The van der Waals surface area contributed by atoms with Gasteiger partial charge in [0.15, 0.2) is 5.13 Å². The largest absolute Gasteiger partial charge is 0.464 e. The number of halogens is 1. The number of carbonyl (C=O) groups excluding carboxylic acids is 1. The first-order valence-electron chi connectivity index (χ1n) is 9.52. The van der Waals surface area contributed by atoms with Crippen molar-refractivity contribution in [3.63, 3.8) is 0 Å². The number of anilines is 1. The van der Waals surface area contributed by atoms with Gasteiger partial charge in [0.2, 0.25) is 0 Å². The number of pyridine rings is 1. The van der Waals surface area contributed by atoms with Crippen molar-refractivity contribution in [2.45, 2.75) is 32.1 Å². The number of hydrogen-bond acceptors (Lipinski definition) is 6. The van der Waals surface area contributed by atoms with E-state index in [2.05, 4.69) is 9.88 Å². The number of carbonyl (C=O) groups is 1. The van der Waals surface area contributed by atoms with E-state index in [9.17, 15) is 9.18 Å². The second-order valence-corrected chi connectivity index (χ2v) is 8.00. The van der Waals surface area contributed by atoms with Gasteiger partial charge in [0.1, 0.15) is 11.5 Å². The maximum Gasteiger partial charge on any atom is 0.356 e. The van der Waals surface area contributed by atoms with Crippen LogP contribution in [0.3, 0.4) is 0 Å². The van der Waals surface area contributed by atoms with E-state index in [4.69, 9.17) is 9.72 Å². The monoisotopic (exact) mass is 399 g/mol. The van der Waals surface area contributed by atoms with Crippen molar-refractivity contribution in [1.29, 1.82) is 0 Å². The summed E-state index contributed by atoms with van der Waals surface area (Å²) in [6, 6.07) is 8.26. The van der Waals surface area contributed by atoms with E-state index in [1.165, 1.54) is 38.9 Å². The number of esters is 1. The average molecular weight is 399 g/mol. The Hall–Kier alpha value is -2.54. The zero-order valence-electron chi connectivity index (χ0n) is 15.8. The van der Waals surface area contributed by atoms with Gasteiger partial charge in [-0.15, -0.1) is 0 Å². The van der Waals surface area contributed by atoms with Crippen molar-refractivity contribution in [2.24, 2.45) is 0 Å². The van der Waals surface area contributed by atoms with Crippen LogP contribution in [0, 0.1) is 5.82 Å². The van der Waals surface area contributed by atoms with Crippen LogP contribution in [0.1, 0.15) is 47.4 Å². The molecule has 3 heterocycles. The third kappa shape index (κ3) is 3.99. The molecular weight excluding hydrogens is 377 g/mol. The number of fused-ring (bicyclic) bond motifs is 1. The Balaban J connectivity index is 1.68.